The number of hydrogen-bond acceptors (Lipinski definition) is 4. The van der Waals surface area contributed by atoms with E-state index in [4.69, 9.17) is 0 Å². The minimum atomic E-state index is 0.463. The van der Waals surface area contributed by atoms with Crippen LogP contribution >= 0.6 is 0 Å². The molecule has 0 saturated carbocycles. The maximum Gasteiger partial charge on any atom is 0.129 e. The molecule has 21 heavy (non-hydrogen) atoms. The van der Waals surface area contributed by atoms with Crippen molar-refractivity contribution in [3.63, 3.8) is 0 Å². The summed E-state index contributed by atoms with van der Waals surface area (Å²) < 4.78 is 0. The van der Waals surface area contributed by atoms with Crippen LogP contribution in [0.3, 0.4) is 0 Å². The van der Waals surface area contributed by atoms with Gasteiger partial charge in [0, 0.05) is 36.9 Å². The van der Waals surface area contributed by atoms with Gasteiger partial charge >= 0.3 is 0 Å². The Morgan fingerprint density at radius 3 is 2.81 bits per heavy atom. The summed E-state index contributed by atoms with van der Waals surface area (Å²) >= 11 is 0. The lowest BCUT2D eigenvalue weighted by molar-refractivity contribution is 0.261. The number of aryl methyl sites for hydroxylation is 1. The second kappa shape index (κ2) is 6.22. The zero-order chi connectivity index (χ0) is 14.7. The van der Waals surface area contributed by atoms with E-state index in [1.54, 1.807) is 6.33 Å². The SMILES string of the molecule is Cc1cc(NC2CCN(C(C)c3ccccc3)C2)ncn1. The van der Waals surface area contributed by atoms with Gasteiger partial charge in [0.25, 0.3) is 0 Å². The third-order valence-electron chi connectivity index (χ3n) is 4.21. The van der Waals surface area contributed by atoms with Gasteiger partial charge in [0.2, 0.25) is 0 Å². The quantitative estimate of drug-likeness (QED) is 0.936. The molecule has 1 aromatic heterocycles. The lowest BCUT2D eigenvalue weighted by Gasteiger charge is -2.25. The Balaban J connectivity index is 1.60. The number of rotatable bonds is 4. The molecule has 0 bridgehead atoms. The van der Waals surface area contributed by atoms with E-state index in [2.05, 4.69) is 57.4 Å². The molecule has 1 N–H and O–H groups in total. The van der Waals surface area contributed by atoms with E-state index >= 15 is 0 Å². The first kappa shape index (κ1) is 14.0. The molecule has 1 fully saturated rings. The molecule has 0 amide bonds. The lowest BCUT2D eigenvalue weighted by Crippen LogP contribution is -2.28. The van der Waals surface area contributed by atoms with E-state index in [9.17, 15) is 0 Å². The summed E-state index contributed by atoms with van der Waals surface area (Å²) in [6, 6.07) is 13.6. The van der Waals surface area contributed by atoms with Crippen molar-refractivity contribution in [1.82, 2.24) is 14.9 Å². The maximum absolute atomic E-state index is 4.29. The van der Waals surface area contributed by atoms with E-state index in [1.165, 1.54) is 5.56 Å². The van der Waals surface area contributed by atoms with Gasteiger partial charge in [0.05, 0.1) is 0 Å². The smallest absolute Gasteiger partial charge is 0.129 e. The molecule has 2 unspecified atom stereocenters. The Morgan fingerprint density at radius 1 is 1.24 bits per heavy atom. The number of nitrogens with zero attached hydrogens (tertiary/aromatic N) is 3. The predicted octanol–water partition coefficient (Wildman–Crippen LogP) is 3.03. The molecular formula is C17H22N4. The van der Waals surface area contributed by atoms with Gasteiger partial charge in [-0.15, -0.1) is 0 Å². The number of aromatic nitrogens is 2. The van der Waals surface area contributed by atoms with Crippen LogP contribution in [0.4, 0.5) is 5.82 Å². The molecule has 1 aliphatic heterocycles. The Kier molecular flexibility index (Phi) is 4.15. The van der Waals surface area contributed by atoms with Crippen LogP contribution in [0.5, 0.6) is 0 Å². The fraction of sp³-hybridized carbons (Fsp3) is 0.412. The molecule has 2 aromatic rings. The van der Waals surface area contributed by atoms with Crippen LogP contribution < -0.4 is 5.32 Å². The first-order valence-electron chi connectivity index (χ1n) is 7.56. The highest BCUT2D eigenvalue weighted by Crippen LogP contribution is 2.25. The summed E-state index contributed by atoms with van der Waals surface area (Å²) in [6.07, 6.45) is 2.78. The van der Waals surface area contributed by atoms with Crippen LogP contribution in [-0.2, 0) is 0 Å². The van der Waals surface area contributed by atoms with Crippen LogP contribution in [0.2, 0.25) is 0 Å². The van der Waals surface area contributed by atoms with E-state index < -0.39 is 0 Å². The summed E-state index contributed by atoms with van der Waals surface area (Å²) in [5, 5.41) is 3.53. The fourth-order valence-corrected chi connectivity index (χ4v) is 2.94. The number of benzene rings is 1. The minimum absolute atomic E-state index is 0.463. The second-order valence-electron chi connectivity index (χ2n) is 5.76. The number of anilines is 1. The number of nitrogens with one attached hydrogen (secondary N) is 1. The normalized spacial score (nSPS) is 20.4. The third kappa shape index (κ3) is 3.39. The lowest BCUT2D eigenvalue weighted by atomic mass is 10.1. The van der Waals surface area contributed by atoms with E-state index in [0.717, 1.165) is 31.0 Å². The summed E-state index contributed by atoms with van der Waals surface area (Å²) in [4.78, 5) is 11.0. The van der Waals surface area contributed by atoms with Gasteiger partial charge in [-0.05, 0) is 25.8 Å². The topological polar surface area (TPSA) is 41.0 Å². The Morgan fingerprint density at radius 2 is 2.05 bits per heavy atom. The molecule has 0 aliphatic carbocycles. The predicted molar refractivity (Wildman–Crippen MR) is 85.2 cm³/mol. The van der Waals surface area contributed by atoms with Crippen LogP contribution in [0.15, 0.2) is 42.7 Å². The van der Waals surface area contributed by atoms with Gasteiger partial charge in [-0.3, -0.25) is 4.90 Å². The van der Waals surface area contributed by atoms with Gasteiger partial charge in [-0.1, -0.05) is 30.3 Å². The largest absolute Gasteiger partial charge is 0.366 e. The van der Waals surface area contributed by atoms with Crippen LogP contribution in [0, 0.1) is 6.92 Å². The van der Waals surface area contributed by atoms with Crippen molar-refractivity contribution >= 4 is 5.82 Å². The highest BCUT2D eigenvalue weighted by atomic mass is 15.2. The van der Waals surface area contributed by atoms with Crippen LogP contribution in [-0.4, -0.2) is 34.0 Å². The molecule has 4 nitrogen and oxygen atoms in total. The van der Waals surface area contributed by atoms with Gasteiger partial charge in [-0.2, -0.15) is 0 Å². The van der Waals surface area contributed by atoms with Gasteiger partial charge in [0.1, 0.15) is 12.1 Å². The van der Waals surface area contributed by atoms with Gasteiger partial charge in [-0.25, -0.2) is 9.97 Å². The van der Waals surface area contributed by atoms with Crippen molar-refractivity contribution in [2.24, 2.45) is 0 Å². The highest BCUT2D eigenvalue weighted by molar-refractivity contribution is 5.36. The highest BCUT2D eigenvalue weighted by Gasteiger charge is 2.26. The second-order valence-corrected chi connectivity index (χ2v) is 5.76. The number of likely N-dealkylation sites (tertiary alicyclic amines) is 1. The zero-order valence-corrected chi connectivity index (χ0v) is 12.7. The molecule has 0 radical (unpaired) electrons. The van der Waals surface area contributed by atoms with Crippen molar-refractivity contribution < 1.29 is 0 Å². The molecule has 1 saturated heterocycles. The Hall–Kier alpha value is -1.94. The third-order valence-corrected chi connectivity index (χ3v) is 4.21. The molecule has 2 heterocycles. The fourth-order valence-electron chi connectivity index (χ4n) is 2.94. The monoisotopic (exact) mass is 282 g/mol. The van der Waals surface area contributed by atoms with Gasteiger partial charge < -0.3 is 5.32 Å². The molecule has 4 heteroatoms. The van der Waals surface area contributed by atoms with Crippen molar-refractivity contribution in [3.8, 4) is 0 Å². The summed E-state index contributed by atoms with van der Waals surface area (Å²) in [6.45, 7) is 6.45. The van der Waals surface area contributed by atoms with Crippen molar-refractivity contribution in [2.75, 3.05) is 18.4 Å². The molecule has 1 aliphatic rings. The molecule has 110 valence electrons. The van der Waals surface area contributed by atoms with Crippen molar-refractivity contribution in [3.05, 3.63) is 54.0 Å². The number of hydrogen-bond donors (Lipinski definition) is 1. The Bertz CT molecular complexity index is 584. The van der Waals surface area contributed by atoms with E-state index in [1.807, 2.05) is 13.0 Å². The average molecular weight is 282 g/mol. The minimum Gasteiger partial charge on any atom is -0.366 e. The average Bonchev–Trinajstić information content (AvgIpc) is 2.96. The molecule has 1 aromatic carbocycles. The van der Waals surface area contributed by atoms with Gasteiger partial charge in [0.15, 0.2) is 0 Å². The maximum atomic E-state index is 4.29. The van der Waals surface area contributed by atoms with Crippen LogP contribution in [0.25, 0.3) is 0 Å². The molecule has 2 atom stereocenters. The standard InChI is InChI=1S/C17H22N4/c1-13-10-17(19-12-18-13)20-16-8-9-21(11-16)14(2)15-6-4-3-5-7-15/h3-7,10,12,14,16H,8-9,11H2,1-2H3,(H,18,19,20). The molecular weight excluding hydrogens is 260 g/mol. The first-order valence-corrected chi connectivity index (χ1v) is 7.56. The van der Waals surface area contributed by atoms with Crippen molar-refractivity contribution in [2.45, 2.75) is 32.4 Å². The summed E-state index contributed by atoms with van der Waals surface area (Å²) in [5.74, 6) is 0.932. The summed E-state index contributed by atoms with van der Waals surface area (Å²) in [5.41, 5.74) is 2.39. The van der Waals surface area contributed by atoms with E-state index in [-0.39, 0.29) is 0 Å². The van der Waals surface area contributed by atoms with Crippen molar-refractivity contribution in [1.29, 1.82) is 0 Å². The molecule has 0 spiro atoms. The zero-order valence-electron chi connectivity index (χ0n) is 12.7. The van der Waals surface area contributed by atoms with E-state index in [0.29, 0.717) is 12.1 Å². The van der Waals surface area contributed by atoms with Crippen LogP contribution in [0.1, 0.15) is 30.6 Å². The molecule has 3 rings (SSSR count). The summed E-state index contributed by atoms with van der Waals surface area (Å²) in [7, 11) is 0. The first-order chi connectivity index (χ1) is 10.2. The Labute approximate surface area is 126 Å².